The second-order valence-electron chi connectivity index (χ2n) is 5.55. The second-order valence-corrected chi connectivity index (χ2v) is 5.96. The Balaban J connectivity index is 2.15. The first-order chi connectivity index (χ1) is 12.0. The van der Waals surface area contributed by atoms with Crippen LogP contribution in [0.25, 0.3) is 0 Å². The lowest BCUT2D eigenvalue weighted by atomic mass is 10.1. The van der Waals surface area contributed by atoms with Gasteiger partial charge < -0.3 is 14.9 Å². The minimum absolute atomic E-state index is 0.328. The highest BCUT2D eigenvalue weighted by atomic mass is 35.5. The summed E-state index contributed by atoms with van der Waals surface area (Å²) in [4.78, 5) is 17.1. The van der Waals surface area contributed by atoms with Crippen molar-refractivity contribution in [3.8, 4) is 0 Å². The number of halogens is 1. The van der Waals surface area contributed by atoms with E-state index in [-0.39, 0.29) is 0 Å². The molecular weight excluding hydrogens is 340 g/mol. The lowest BCUT2D eigenvalue weighted by Crippen LogP contribution is -2.25. The monoisotopic (exact) mass is 360 g/mol. The van der Waals surface area contributed by atoms with Gasteiger partial charge in [0.2, 0.25) is 0 Å². The predicted octanol–water partition coefficient (Wildman–Crippen LogP) is 4.64. The van der Waals surface area contributed by atoms with E-state index in [4.69, 9.17) is 21.2 Å². The summed E-state index contributed by atoms with van der Waals surface area (Å²) in [6.07, 6.45) is -1.30. The molecule has 0 spiro atoms. The fourth-order valence-corrected chi connectivity index (χ4v) is 2.52. The van der Waals surface area contributed by atoms with Crippen molar-refractivity contribution in [3.05, 3.63) is 70.2 Å². The summed E-state index contributed by atoms with van der Waals surface area (Å²) in [6.45, 7) is 4.07. The SMILES string of the molecule is CNC(=O)OC(C(C)=NOCc1cccc(C)c1)c1ccccc1Cl. The van der Waals surface area contributed by atoms with E-state index < -0.39 is 12.2 Å². The maximum Gasteiger partial charge on any atom is 0.407 e. The van der Waals surface area contributed by atoms with Gasteiger partial charge in [0.15, 0.2) is 6.10 Å². The minimum Gasteiger partial charge on any atom is -0.435 e. The number of hydrogen-bond acceptors (Lipinski definition) is 4. The number of rotatable bonds is 6. The molecule has 0 aliphatic heterocycles. The molecule has 0 heterocycles. The van der Waals surface area contributed by atoms with Gasteiger partial charge in [0.1, 0.15) is 6.61 Å². The third-order valence-electron chi connectivity index (χ3n) is 3.52. The molecule has 0 radical (unpaired) electrons. The van der Waals surface area contributed by atoms with Crippen molar-refractivity contribution in [2.24, 2.45) is 5.16 Å². The second kappa shape index (κ2) is 9.08. The van der Waals surface area contributed by atoms with Crippen LogP contribution >= 0.6 is 11.6 Å². The number of ether oxygens (including phenoxy) is 1. The van der Waals surface area contributed by atoms with E-state index in [2.05, 4.69) is 10.5 Å². The first-order valence-electron chi connectivity index (χ1n) is 7.86. The molecule has 2 aromatic rings. The Hall–Kier alpha value is -2.53. The topological polar surface area (TPSA) is 59.9 Å². The van der Waals surface area contributed by atoms with Gasteiger partial charge in [-0.25, -0.2) is 4.79 Å². The Morgan fingerprint density at radius 2 is 2.00 bits per heavy atom. The first-order valence-corrected chi connectivity index (χ1v) is 8.24. The molecule has 1 unspecified atom stereocenters. The Morgan fingerprint density at radius 1 is 1.24 bits per heavy atom. The van der Waals surface area contributed by atoms with Crippen molar-refractivity contribution in [1.29, 1.82) is 0 Å². The number of carbonyl (C=O) groups excluding carboxylic acids is 1. The molecule has 2 rings (SSSR count). The van der Waals surface area contributed by atoms with Crippen LogP contribution in [0.2, 0.25) is 5.02 Å². The number of alkyl carbamates (subject to hydrolysis) is 1. The van der Waals surface area contributed by atoms with E-state index in [0.717, 1.165) is 11.1 Å². The number of amides is 1. The molecule has 25 heavy (non-hydrogen) atoms. The van der Waals surface area contributed by atoms with Crippen LogP contribution in [0.5, 0.6) is 0 Å². The molecule has 0 saturated heterocycles. The summed E-state index contributed by atoms with van der Waals surface area (Å²) >= 11 is 6.23. The van der Waals surface area contributed by atoms with Gasteiger partial charge in [0.05, 0.1) is 5.71 Å². The lowest BCUT2D eigenvalue weighted by molar-refractivity contribution is 0.111. The maximum atomic E-state index is 11.7. The fourth-order valence-electron chi connectivity index (χ4n) is 2.29. The molecule has 5 nitrogen and oxygen atoms in total. The van der Waals surface area contributed by atoms with Crippen molar-refractivity contribution in [1.82, 2.24) is 5.32 Å². The molecule has 1 amide bonds. The number of carbonyl (C=O) groups is 1. The zero-order valence-electron chi connectivity index (χ0n) is 14.5. The van der Waals surface area contributed by atoms with E-state index in [0.29, 0.717) is 22.9 Å². The number of nitrogens with zero attached hydrogens (tertiary/aromatic N) is 1. The summed E-state index contributed by atoms with van der Waals surface area (Å²) in [5.74, 6) is 0. The van der Waals surface area contributed by atoms with E-state index in [9.17, 15) is 4.79 Å². The quantitative estimate of drug-likeness (QED) is 0.603. The van der Waals surface area contributed by atoms with Gasteiger partial charge in [-0.1, -0.05) is 64.8 Å². The molecule has 6 heteroatoms. The van der Waals surface area contributed by atoms with Crippen LogP contribution in [0.4, 0.5) is 4.79 Å². The van der Waals surface area contributed by atoms with Crippen LogP contribution in [0, 0.1) is 6.92 Å². The molecule has 0 aliphatic rings. The van der Waals surface area contributed by atoms with Gasteiger partial charge in [0, 0.05) is 17.6 Å². The van der Waals surface area contributed by atoms with Gasteiger partial charge in [-0.3, -0.25) is 0 Å². The molecule has 0 fully saturated rings. The van der Waals surface area contributed by atoms with Crippen molar-refractivity contribution < 1.29 is 14.4 Å². The number of benzene rings is 2. The van der Waals surface area contributed by atoms with Crippen LogP contribution < -0.4 is 5.32 Å². The summed E-state index contributed by atoms with van der Waals surface area (Å²) < 4.78 is 5.40. The standard InChI is InChI=1S/C19H21ClN2O3/c1-13-7-6-8-15(11-13)12-24-22-14(2)18(25-19(23)21-3)16-9-4-5-10-17(16)20/h4-11,18H,12H2,1-3H3,(H,21,23). The molecule has 0 aromatic heterocycles. The van der Waals surface area contributed by atoms with Gasteiger partial charge in [-0.05, 0) is 25.5 Å². The normalized spacial score (nSPS) is 12.4. The van der Waals surface area contributed by atoms with Crippen molar-refractivity contribution in [3.63, 3.8) is 0 Å². The van der Waals surface area contributed by atoms with E-state index in [1.54, 1.807) is 19.1 Å². The average Bonchev–Trinajstić information content (AvgIpc) is 2.60. The first kappa shape index (κ1) is 18.8. The Bertz CT molecular complexity index is 762. The summed E-state index contributed by atoms with van der Waals surface area (Å²) in [5, 5.41) is 7.03. The zero-order valence-corrected chi connectivity index (χ0v) is 15.2. The molecular formula is C19H21ClN2O3. The van der Waals surface area contributed by atoms with Crippen LogP contribution in [0.1, 0.15) is 29.7 Å². The number of oxime groups is 1. The Morgan fingerprint density at radius 3 is 2.68 bits per heavy atom. The average molecular weight is 361 g/mol. The molecule has 132 valence electrons. The smallest absolute Gasteiger partial charge is 0.407 e. The molecule has 0 aliphatic carbocycles. The molecule has 1 atom stereocenters. The Labute approximate surface area is 152 Å². The van der Waals surface area contributed by atoms with Gasteiger partial charge in [-0.2, -0.15) is 0 Å². The summed E-state index contributed by atoms with van der Waals surface area (Å²) in [7, 11) is 1.49. The van der Waals surface area contributed by atoms with Crippen molar-refractivity contribution in [2.75, 3.05) is 7.05 Å². The highest BCUT2D eigenvalue weighted by molar-refractivity contribution is 6.31. The van der Waals surface area contributed by atoms with Crippen molar-refractivity contribution in [2.45, 2.75) is 26.6 Å². The van der Waals surface area contributed by atoms with Crippen molar-refractivity contribution >= 4 is 23.4 Å². The maximum absolute atomic E-state index is 11.7. The molecule has 2 aromatic carbocycles. The zero-order chi connectivity index (χ0) is 18.2. The van der Waals surface area contributed by atoms with E-state index >= 15 is 0 Å². The molecule has 0 saturated carbocycles. The number of hydrogen-bond donors (Lipinski definition) is 1. The summed E-state index contributed by atoms with van der Waals surface area (Å²) in [6, 6.07) is 15.1. The highest BCUT2D eigenvalue weighted by Gasteiger charge is 2.22. The molecule has 1 N–H and O–H groups in total. The highest BCUT2D eigenvalue weighted by Crippen LogP contribution is 2.27. The Kier molecular flexibility index (Phi) is 6.83. The van der Waals surface area contributed by atoms with Crippen LogP contribution in [-0.2, 0) is 16.2 Å². The largest absolute Gasteiger partial charge is 0.435 e. The van der Waals surface area contributed by atoms with Gasteiger partial charge in [0.25, 0.3) is 0 Å². The van der Waals surface area contributed by atoms with Crippen LogP contribution in [0.3, 0.4) is 0 Å². The fraction of sp³-hybridized carbons (Fsp3) is 0.263. The predicted molar refractivity (Wildman–Crippen MR) is 98.8 cm³/mol. The number of aryl methyl sites for hydroxylation is 1. The van der Waals surface area contributed by atoms with E-state index in [1.807, 2.05) is 43.3 Å². The van der Waals surface area contributed by atoms with Crippen LogP contribution in [-0.4, -0.2) is 18.9 Å². The van der Waals surface area contributed by atoms with E-state index in [1.165, 1.54) is 7.05 Å². The van der Waals surface area contributed by atoms with Crippen LogP contribution in [0.15, 0.2) is 53.7 Å². The molecule has 0 bridgehead atoms. The number of nitrogens with one attached hydrogen (secondary N) is 1. The minimum atomic E-state index is -0.730. The third kappa shape index (κ3) is 5.50. The third-order valence-corrected chi connectivity index (χ3v) is 3.86. The lowest BCUT2D eigenvalue weighted by Gasteiger charge is -2.18. The van der Waals surface area contributed by atoms with Gasteiger partial charge >= 0.3 is 6.09 Å². The van der Waals surface area contributed by atoms with Gasteiger partial charge in [-0.15, -0.1) is 0 Å². The summed E-state index contributed by atoms with van der Waals surface area (Å²) in [5.41, 5.74) is 3.30.